The van der Waals surface area contributed by atoms with Gasteiger partial charge in [0, 0.05) is 37.2 Å². The summed E-state index contributed by atoms with van der Waals surface area (Å²) in [5, 5.41) is 2.90. The molecule has 1 heterocycles. The summed E-state index contributed by atoms with van der Waals surface area (Å²) in [4.78, 5) is 29.8. The molecule has 2 aromatic rings. The highest BCUT2D eigenvalue weighted by atomic mass is 16.5. The first-order chi connectivity index (χ1) is 14.7. The molecule has 2 rings (SSSR count). The van der Waals surface area contributed by atoms with Crippen LogP contribution in [-0.2, 0) is 18.4 Å². The van der Waals surface area contributed by atoms with Gasteiger partial charge in [-0.05, 0) is 55.7 Å². The predicted octanol–water partition coefficient (Wildman–Crippen LogP) is 4.35. The van der Waals surface area contributed by atoms with Gasteiger partial charge >= 0.3 is 6.03 Å². The van der Waals surface area contributed by atoms with Crippen molar-refractivity contribution in [2.45, 2.75) is 46.7 Å². The number of nitrogens with one attached hydrogen (secondary N) is 1. The quantitative estimate of drug-likeness (QED) is 0.612. The molecule has 1 aromatic heterocycles. The molecule has 7 heteroatoms. The van der Waals surface area contributed by atoms with Gasteiger partial charge in [-0.25, -0.2) is 4.79 Å². The number of amides is 3. The number of hydrogen-bond acceptors (Lipinski definition) is 3. The number of aromatic nitrogens is 1. The maximum atomic E-state index is 13.3. The number of urea groups is 1. The summed E-state index contributed by atoms with van der Waals surface area (Å²) in [6.45, 7) is 9.35. The lowest BCUT2D eigenvalue weighted by Gasteiger charge is -2.32. The third-order valence-corrected chi connectivity index (χ3v) is 5.37. The van der Waals surface area contributed by atoms with Gasteiger partial charge in [-0.2, -0.15) is 0 Å². The lowest BCUT2D eigenvalue weighted by atomic mass is 10.2. The predicted molar refractivity (Wildman–Crippen MR) is 124 cm³/mol. The fraction of sp³-hybridized carbons (Fsp3) is 0.500. The zero-order valence-electron chi connectivity index (χ0n) is 19.6. The van der Waals surface area contributed by atoms with Gasteiger partial charge < -0.3 is 24.4 Å². The molecule has 0 saturated carbocycles. The van der Waals surface area contributed by atoms with E-state index in [-0.39, 0.29) is 24.5 Å². The zero-order valence-corrected chi connectivity index (χ0v) is 19.6. The van der Waals surface area contributed by atoms with E-state index in [0.717, 1.165) is 17.9 Å². The van der Waals surface area contributed by atoms with Crippen molar-refractivity contribution in [2.75, 3.05) is 25.5 Å². The molecule has 170 valence electrons. The topological polar surface area (TPSA) is 66.8 Å². The molecule has 31 heavy (non-hydrogen) atoms. The molecule has 0 aliphatic heterocycles. The molecule has 0 saturated heterocycles. The molecule has 7 nitrogen and oxygen atoms in total. The molecule has 0 aliphatic rings. The molecule has 0 fully saturated rings. The second-order valence-electron chi connectivity index (χ2n) is 8.32. The zero-order chi connectivity index (χ0) is 23.0. The summed E-state index contributed by atoms with van der Waals surface area (Å²) in [6, 6.07) is 10.8. The second-order valence-corrected chi connectivity index (χ2v) is 8.32. The highest BCUT2D eigenvalue weighted by Crippen LogP contribution is 2.17. The van der Waals surface area contributed by atoms with Crippen molar-refractivity contribution in [3.8, 4) is 5.75 Å². The molecule has 1 N–H and O–H groups in total. The summed E-state index contributed by atoms with van der Waals surface area (Å²) in [5.74, 6) is 0.992. The molecule has 0 bridgehead atoms. The normalized spacial score (nSPS) is 11.8. The van der Waals surface area contributed by atoms with E-state index in [1.165, 1.54) is 0 Å². The van der Waals surface area contributed by atoms with E-state index < -0.39 is 0 Å². The van der Waals surface area contributed by atoms with Crippen molar-refractivity contribution < 1.29 is 14.3 Å². The first-order valence-electron chi connectivity index (χ1n) is 10.8. The Kier molecular flexibility index (Phi) is 8.97. The van der Waals surface area contributed by atoms with Crippen LogP contribution in [0.1, 0.15) is 39.8 Å². The monoisotopic (exact) mass is 428 g/mol. The van der Waals surface area contributed by atoms with Gasteiger partial charge in [0.25, 0.3) is 0 Å². The Hall–Kier alpha value is -2.96. The Morgan fingerprint density at radius 1 is 1.13 bits per heavy atom. The standard InChI is InChI=1S/C24H36N4O3/c1-7-19(4)28(24(30)25-20-10-12-22(31-6)13-11-20)17-23(29)27(15-18(2)3)16-21-9-8-14-26(21)5/h8-14,18-19H,7,15-17H2,1-6H3,(H,25,30)/t19-/m0/s1. The molecule has 0 unspecified atom stereocenters. The van der Waals surface area contributed by atoms with Crippen molar-refractivity contribution in [1.29, 1.82) is 0 Å². The van der Waals surface area contributed by atoms with Gasteiger partial charge in [-0.3, -0.25) is 4.79 Å². The first kappa shape index (κ1) is 24.3. The number of carbonyl (C=O) groups is 2. The van der Waals surface area contributed by atoms with Gasteiger partial charge in [0.05, 0.1) is 13.7 Å². The van der Waals surface area contributed by atoms with Crippen LogP contribution in [0.25, 0.3) is 0 Å². The average molecular weight is 429 g/mol. The summed E-state index contributed by atoms with van der Waals surface area (Å²) in [6.07, 6.45) is 2.73. The summed E-state index contributed by atoms with van der Waals surface area (Å²) in [7, 11) is 3.57. The molecular formula is C24H36N4O3. The number of anilines is 1. The van der Waals surface area contributed by atoms with Gasteiger partial charge in [0.2, 0.25) is 5.91 Å². The van der Waals surface area contributed by atoms with E-state index in [4.69, 9.17) is 4.74 Å². The maximum absolute atomic E-state index is 13.3. The van der Waals surface area contributed by atoms with E-state index in [1.807, 2.05) is 48.7 Å². The molecule has 3 amide bonds. The van der Waals surface area contributed by atoms with Gasteiger partial charge in [0.1, 0.15) is 12.3 Å². The largest absolute Gasteiger partial charge is 0.497 e. The Bertz CT molecular complexity index is 845. The van der Waals surface area contributed by atoms with E-state index in [9.17, 15) is 9.59 Å². The molecule has 0 radical (unpaired) electrons. The van der Waals surface area contributed by atoms with Crippen LogP contribution >= 0.6 is 0 Å². The van der Waals surface area contributed by atoms with Crippen LogP contribution in [0.3, 0.4) is 0 Å². The van der Waals surface area contributed by atoms with Crippen molar-refractivity contribution >= 4 is 17.6 Å². The molecule has 0 spiro atoms. The number of carbonyl (C=O) groups excluding carboxylic acids is 2. The summed E-state index contributed by atoms with van der Waals surface area (Å²) < 4.78 is 7.18. The molecular weight excluding hydrogens is 392 g/mol. The van der Waals surface area contributed by atoms with Crippen molar-refractivity contribution in [3.63, 3.8) is 0 Å². The molecule has 0 aliphatic carbocycles. The summed E-state index contributed by atoms with van der Waals surface area (Å²) >= 11 is 0. The van der Waals surface area contributed by atoms with E-state index in [2.05, 4.69) is 19.2 Å². The van der Waals surface area contributed by atoms with Crippen molar-refractivity contribution in [3.05, 3.63) is 48.3 Å². The Morgan fingerprint density at radius 3 is 2.32 bits per heavy atom. The first-order valence-corrected chi connectivity index (χ1v) is 10.8. The van der Waals surface area contributed by atoms with E-state index in [1.54, 1.807) is 36.3 Å². The number of ether oxygens (including phenoxy) is 1. The van der Waals surface area contributed by atoms with Crippen LogP contribution in [0.15, 0.2) is 42.6 Å². The smallest absolute Gasteiger partial charge is 0.322 e. The summed E-state index contributed by atoms with van der Waals surface area (Å²) in [5.41, 5.74) is 1.72. The third-order valence-electron chi connectivity index (χ3n) is 5.37. The lowest BCUT2D eigenvalue weighted by molar-refractivity contribution is -0.133. The molecule has 1 aromatic carbocycles. The highest BCUT2D eigenvalue weighted by molar-refractivity contribution is 5.92. The third kappa shape index (κ3) is 7.05. The highest BCUT2D eigenvalue weighted by Gasteiger charge is 2.25. The van der Waals surface area contributed by atoms with Gasteiger partial charge in [-0.15, -0.1) is 0 Å². The van der Waals surface area contributed by atoms with Crippen LogP contribution in [0.4, 0.5) is 10.5 Å². The number of hydrogen-bond donors (Lipinski definition) is 1. The Labute approximate surface area is 186 Å². The van der Waals surface area contributed by atoms with E-state index >= 15 is 0 Å². The van der Waals surface area contributed by atoms with Crippen LogP contribution in [0, 0.1) is 5.92 Å². The minimum atomic E-state index is -0.281. The number of rotatable bonds is 10. The number of nitrogens with zero attached hydrogens (tertiary/aromatic N) is 3. The number of aryl methyl sites for hydroxylation is 1. The SMILES string of the molecule is CC[C@H](C)N(CC(=O)N(Cc1cccn1C)CC(C)C)C(=O)Nc1ccc(OC)cc1. The van der Waals surface area contributed by atoms with Gasteiger partial charge in [-0.1, -0.05) is 20.8 Å². The number of methoxy groups -OCH3 is 1. The maximum Gasteiger partial charge on any atom is 0.322 e. The Balaban J connectivity index is 2.14. The van der Waals surface area contributed by atoms with Crippen LogP contribution in [0.5, 0.6) is 5.75 Å². The van der Waals surface area contributed by atoms with Gasteiger partial charge in [0.15, 0.2) is 0 Å². The fourth-order valence-electron chi connectivity index (χ4n) is 3.32. The van der Waals surface area contributed by atoms with Crippen LogP contribution in [0.2, 0.25) is 0 Å². The lowest BCUT2D eigenvalue weighted by Crippen LogP contribution is -2.48. The Morgan fingerprint density at radius 2 is 1.81 bits per heavy atom. The molecule has 1 atom stereocenters. The second kappa shape index (κ2) is 11.4. The van der Waals surface area contributed by atoms with Crippen molar-refractivity contribution in [2.24, 2.45) is 13.0 Å². The van der Waals surface area contributed by atoms with Crippen LogP contribution < -0.4 is 10.1 Å². The minimum absolute atomic E-state index is 0.0359. The van der Waals surface area contributed by atoms with Crippen LogP contribution in [-0.4, -0.2) is 52.5 Å². The van der Waals surface area contributed by atoms with E-state index in [0.29, 0.717) is 24.7 Å². The minimum Gasteiger partial charge on any atom is -0.497 e. The van der Waals surface area contributed by atoms with Crippen molar-refractivity contribution in [1.82, 2.24) is 14.4 Å². The average Bonchev–Trinajstić information content (AvgIpc) is 3.15. The fourth-order valence-corrected chi connectivity index (χ4v) is 3.32. The number of benzene rings is 1.